The van der Waals surface area contributed by atoms with E-state index in [2.05, 4.69) is 13.2 Å². The number of hydrogen-bond donors (Lipinski definition) is 0. The zero-order valence-corrected chi connectivity index (χ0v) is 7.88. The molecule has 0 aromatic carbocycles. The first-order chi connectivity index (χ1) is 3.46. The van der Waals surface area contributed by atoms with Gasteiger partial charge in [-0.3, -0.25) is 0 Å². The summed E-state index contributed by atoms with van der Waals surface area (Å²) in [5, 5.41) is 18.7. The van der Waals surface area contributed by atoms with Crippen molar-refractivity contribution in [2.75, 3.05) is 0 Å². The molecule has 0 N–H and O–H groups in total. The zero-order valence-electron chi connectivity index (χ0n) is 5.68. The fourth-order valence-electron chi connectivity index (χ4n) is 0. The predicted octanol–water partition coefficient (Wildman–Crippen LogP) is -0.242. The van der Waals surface area contributed by atoms with Crippen LogP contribution < -0.4 is 10.2 Å². The molecule has 0 saturated heterocycles. The first-order valence-corrected chi connectivity index (χ1v) is 2.12. The minimum atomic E-state index is -0.0833. The third-order valence-corrected chi connectivity index (χ3v) is 0. The third kappa shape index (κ3) is 8200. The van der Waals surface area contributed by atoms with Crippen molar-refractivity contribution in [1.29, 1.82) is 0 Å². The summed E-state index contributed by atoms with van der Waals surface area (Å²) in [6, 6.07) is 0. The molecule has 1 radical (unpaired) electrons. The van der Waals surface area contributed by atoms with E-state index < -0.39 is 0 Å². The number of hydrogen-bond acceptors (Lipinski definition) is 2. The molecule has 0 rings (SSSR count). The van der Waals surface area contributed by atoms with E-state index in [9.17, 15) is 10.2 Å². The van der Waals surface area contributed by atoms with Gasteiger partial charge in [-0.1, -0.05) is 13.8 Å². The Bertz CT molecular complexity index is 69.1. The van der Waals surface area contributed by atoms with Crippen LogP contribution in [0.1, 0.15) is 13.8 Å². The van der Waals surface area contributed by atoms with E-state index in [1.54, 1.807) is 0 Å². The molecule has 0 aliphatic rings. The van der Waals surface area contributed by atoms with Gasteiger partial charge in [0.05, 0.1) is 0 Å². The van der Waals surface area contributed by atoms with Crippen LogP contribution in [-0.2, 0) is 22.4 Å². The molecule has 51 valence electrons. The molecule has 0 aliphatic carbocycles. The van der Waals surface area contributed by atoms with E-state index in [0.29, 0.717) is 0 Å². The smallest absolute Gasteiger partial charge is 0.876 e. The van der Waals surface area contributed by atoms with E-state index in [1.807, 2.05) is 0 Å². The summed E-state index contributed by atoms with van der Waals surface area (Å²) in [6.45, 7) is 8.83. The SMILES string of the molecule is C=C(C)[O-].C=C(C)[O-].[Nb+2]. The van der Waals surface area contributed by atoms with Crippen molar-refractivity contribution < 1.29 is 32.6 Å². The largest absolute Gasteiger partial charge is 2.00 e. The zero-order chi connectivity index (χ0) is 7.15. The van der Waals surface area contributed by atoms with Gasteiger partial charge in [0.1, 0.15) is 0 Å². The van der Waals surface area contributed by atoms with Crippen molar-refractivity contribution in [3.63, 3.8) is 0 Å². The Labute approximate surface area is 71.4 Å². The summed E-state index contributed by atoms with van der Waals surface area (Å²) in [6.07, 6.45) is 0. The second kappa shape index (κ2) is 10.7. The fourth-order valence-corrected chi connectivity index (χ4v) is 0. The maximum absolute atomic E-state index is 9.33. The van der Waals surface area contributed by atoms with Gasteiger partial charge in [-0.15, -0.1) is 24.7 Å². The van der Waals surface area contributed by atoms with Gasteiger partial charge < -0.3 is 10.2 Å². The molecule has 9 heavy (non-hydrogen) atoms. The molecule has 0 amide bonds. The normalized spacial score (nSPS) is 5.56. The van der Waals surface area contributed by atoms with Gasteiger partial charge in [0.2, 0.25) is 0 Å². The van der Waals surface area contributed by atoms with E-state index in [4.69, 9.17) is 0 Å². The summed E-state index contributed by atoms with van der Waals surface area (Å²) in [5.41, 5.74) is 0. The Morgan fingerprint density at radius 2 is 1.00 bits per heavy atom. The van der Waals surface area contributed by atoms with Gasteiger partial charge in [0.15, 0.2) is 0 Å². The Hall–Kier alpha value is -0.180. The molecule has 0 heterocycles. The molecule has 0 aliphatic heterocycles. The molecule has 0 unspecified atom stereocenters. The topological polar surface area (TPSA) is 46.1 Å². The van der Waals surface area contributed by atoms with Crippen molar-refractivity contribution in [3.05, 3.63) is 24.7 Å². The summed E-state index contributed by atoms with van der Waals surface area (Å²) in [4.78, 5) is 0. The minimum absolute atomic E-state index is 0. The molecular formula is C6H10NbO2. The summed E-state index contributed by atoms with van der Waals surface area (Å²) < 4.78 is 0. The molecule has 0 aromatic heterocycles. The van der Waals surface area contributed by atoms with Gasteiger partial charge in [-0.2, -0.15) is 0 Å². The Kier molecular flexibility index (Phi) is 19.0. The van der Waals surface area contributed by atoms with Crippen LogP contribution in [0.3, 0.4) is 0 Å². The van der Waals surface area contributed by atoms with Crippen molar-refractivity contribution >= 4 is 0 Å². The Morgan fingerprint density at radius 3 is 1.00 bits per heavy atom. The van der Waals surface area contributed by atoms with E-state index in [1.165, 1.54) is 13.8 Å². The van der Waals surface area contributed by atoms with Gasteiger partial charge in [0.25, 0.3) is 0 Å². The predicted molar refractivity (Wildman–Crippen MR) is 29.6 cm³/mol. The van der Waals surface area contributed by atoms with Crippen LogP contribution in [0.4, 0.5) is 0 Å². The molecule has 0 atom stereocenters. The quantitative estimate of drug-likeness (QED) is 0.406. The molecule has 0 saturated carbocycles. The average molecular weight is 207 g/mol. The van der Waals surface area contributed by atoms with Crippen molar-refractivity contribution in [1.82, 2.24) is 0 Å². The van der Waals surface area contributed by atoms with Gasteiger partial charge >= 0.3 is 22.4 Å². The molecule has 0 bridgehead atoms. The van der Waals surface area contributed by atoms with Gasteiger partial charge in [-0.05, 0) is 0 Å². The molecule has 3 heteroatoms. The van der Waals surface area contributed by atoms with Crippen LogP contribution in [-0.4, -0.2) is 0 Å². The van der Waals surface area contributed by atoms with Crippen LogP contribution in [0.15, 0.2) is 24.7 Å². The van der Waals surface area contributed by atoms with Crippen molar-refractivity contribution in [2.45, 2.75) is 13.8 Å². The summed E-state index contributed by atoms with van der Waals surface area (Å²) in [5.74, 6) is -0.167. The van der Waals surface area contributed by atoms with Gasteiger partial charge in [-0.25, -0.2) is 0 Å². The average Bonchev–Trinajstić information content (AvgIpc) is 1.25. The molecular weight excluding hydrogens is 197 g/mol. The van der Waals surface area contributed by atoms with Crippen LogP contribution in [0.2, 0.25) is 0 Å². The van der Waals surface area contributed by atoms with Crippen LogP contribution in [0.25, 0.3) is 0 Å². The second-order valence-electron chi connectivity index (χ2n) is 1.40. The molecule has 0 fully saturated rings. The van der Waals surface area contributed by atoms with Crippen LogP contribution >= 0.6 is 0 Å². The maximum Gasteiger partial charge on any atom is 2.00 e. The fraction of sp³-hybridized carbons (Fsp3) is 0.333. The van der Waals surface area contributed by atoms with E-state index >= 15 is 0 Å². The van der Waals surface area contributed by atoms with Gasteiger partial charge in [0, 0.05) is 0 Å². The van der Waals surface area contributed by atoms with E-state index in [-0.39, 0.29) is 33.9 Å². The van der Waals surface area contributed by atoms with Crippen LogP contribution in [0.5, 0.6) is 0 Å². The second-order valence-corrected chi connectivity index (χ2v) is 1.40. The first-order valence-electron chi connectivity index (χ1n) is 2.12. The van der Waals surface area contributed by atoms with E-state index in [0.717, 1.165) is 0 Å². The third-order valence-electron chi connectivity index (χ3n) is 0. The standard InChI is InChI=1S/2C3H6O.Nb/c2*1-3(2)4;/h2*4H,1H2,2H3;/q;;+2/p-2. The number of allylic oxidation sites excluding steroid dienone is 2. The molecule has 2 nitrogen and oxygen atoms in total. The minimum Gasteiger partial charge on any atom is -0.876 e. The van der Waals surface area contributed by atoms with Crippen molar-refractivity contribution in [3.8, 4) is 0 Å². The van der Waals surface area contributed by atoms with Crippen molar-refractivity contribution in [2.24, 2.45) is 0 Å². The van der Waals surface area contributed by atoms with Crippen LogP contribution in [0, 0.1) is 0 Å². The monoisotopic (exact) mass is 207 g/mol. The Balaban J connectivity index is -0.0000000720. The number of rotatable bonds is 0. The first kappa shape index (κ1) is 15.9. The molecule has 0 spiro atoms. The summed E-state index contributed by atoms with van der Waals surface area (Å²) in [7, 11) is 0. The Morgan fingerprint density at radius 1 is 1.00 bits per heavy atom. The maximum atomic E-state index is 9.33. The summed E-state index contributed by atoms with van der Waals surface area (Å²) >= 11 is 0. The molecule has 0 aromatic rings.